The molecule has 0 saturated carbocycles. The first kappa shape index (κ1) is 19.6. The van der Waals surface area contributed by atoms with Gasteiger partial charge in [-0.2, -0.15) is 0 Å². The standard InChI is InChI=1S/C32H18N2.Po/c1-3-15-24-21(9-1)11-7-19-28(24)33-31-26-17-5-13-23-14-6-18-27(30(23)26)32(31)34-29-20-8-12-22-10-2-4-16-25(22)29;/h1-14,17-20H;. The van der Waals surface area contributed by atoms with Gasteiger partial charge in [-0.3, -0.25) is 0 Å². The van der Waals surface area contributed by atoms with Crippen molar-refractivity contribution in [3.8, 4) is 0 Å². The molecule has 0 atom stereocenters. The van der Waals surface area contributed by atoms with Crippen LogP contribution in [0, 0.1) is 0 Å². The van der Waals surface area contributed by atoms with E-state index in [0.29, 0.717) is 0 Å². The fourth-order valence-electron chi connectivity index (χ4n) is 5.51. The second kappa shape index (κ2) is 7.42. The number of benzene rings is 6. The van der Waals surface area contributed by atoms with E-state index in [0.717, 1.165) is 22.8 Å². The van der Waals surface area contributed by atoms with Gasteiger partial charge in [-0.1, -0.05) is 0 Å². The van der Waals surface area contributed by atoms with E-state index in [4.69, 9.17) is 9.98 Å². The number of aliphatic imine (C=N–C) groups is 2. The molecule has 2 nitrogen and oxygen atoms in total. The zero-order chi connectivity index (χ0) is 22.9. The molecular formula is C32H18N2Po. The van der Waals surface area contributed by atoms with Crippen LogP contribution in [0.3, 0.4) is 0 Å². The molecular weight excluding hydrogens is 621 g/mol. The van der Waals surface area contributed by atoms with Gasteiger partial charge in [0, 0.05) is 0 Å². The molecule has 0 unspecified atom stereocenters. The quantitative estimate of drug-likeness (QED) is 0.185. The van der Waals surface area contributed by atoms with Crippen molar-refractivity contribution in [1.29, 1.82) is 0 Å². The first-order valence-electron chi connectivity index (χ1n) is 11.8. The molecule has 0 spiro atoms. The predicted molar refractivity (Wildman–Crippen MR) is 149 cm³/mol. The number of hydrogen-bond donors (Lipinski definition) is 0. The zero-order valence-electron chi connectivity index (χ0n) is 18.7. The first-order valence-corrected chi connectivity index (χ1v) is 14.9. The Hall–Kier alpha value is -3.66. The Morgan fingerprint density at radius 1 is 0.400 bits per heavy atom. The van der Waals surface area contributed by atoms with Crippen molar-refractivity contribution >= 4 is 85.1 Å². The predicted octanol–water partition coefficient (Wildman–Crippen LogP) is 6.37. The third-order valence-electron chi connectivity index (χ3n) is 7.01. The van der Waals surface area contributed by atoms with E-state index in [1.54, 1.807) is 0 Å². The van der Waals surface area contributed by atoms with Crippen LogP contribution in [0.4, 0.5) is 11.4 Å². The summed E-state index contributed by atoms with van der Waals surface area (Å²) in [5, 5.41) is 7.60. The van der Waals surface area contributed by atoms with Crippen LogP contribution in [0.2, 0.25) is 0 Å². The SMILES string of the molecule is c1cc2c3[c](cccc3c1)[Po][c]1cccc3cccc(c13)N=C1C(=N2)c2cccc3cccc1c23. The molecule has 0 bridgehead atoms. The van der Waals surface area contributed by atoms with E-state index in [1.165, 1.54) is 49.9 Å². The molecule has 1 aliphatic carbocycles. The van der Waals surface area contributed by atoms with E-state index < -0.39 is 23.6 Å². The van der Waals surface area contributed by atoms with Crippen LogP contribution >= 0.6 is 0 Å². The van der Waals surface area contributed by atoms with Gasteiger partial charge in [-0.15, -0.1) is 0 Å². The van der Waals surface area contributed by atoms with Gasteiger partial charge in [-0.25, -0.2) is 0 Å². The summed E-state index contributed by atoms with van der Waals surface area (Å²) >= 11 is -1.09. The van der Waals surface area contributed by atoms with Crippen molar-refractivity contribution in [1.82, 2.24) is 0 Å². The zero-order valence-corrected chi connectivity index (χ0v) is 21.9. The number of nitrogens with zero attached hydrogens (tertiary/aromatic N) is 2. The van der Waals surface area contributed by atoms with Crippen molar-refractivity contribution in [2.45, 2.75) is 0 Å². The molecule has 0 fully saturated rings. The summed E-state index contributed by atoms with van der Waals surface area (Å²) in [6, 6.07) is 39.6. The average Bonchev–Trinajstić information content (AvgIpc) is 3.17. The van der Waals surface area contributed by atoms with Crippen LogP contribution < -0.4 is 6.44 Å². The third-order valence-corrected chi connectivity index (χ3v) is 11.4. The minimum atomic E-state index is -1.09. The van der Waals surface area contributed by atoms with Crippen molar-refractivity contribution in [3.63, 3.8) is 0 Å². The Balaban J connectivity index is 1.59. The van der Waals surface area contributed by atoms with Crippen LogP contribution in [-0.2, 0) is 0 Å². The van der Waals surface area contributed by atoms with Gasteiger partial charge in [0.05, 0.1) is 0 Å². The monoisotopic (exact) mass is 639 g/mol. The molecule has 1 heterocycles. The summed E-state index contributed by atoms with van der Waals surface area (Å²) in [6.07, 6.45) is 0. The molecule has 0 radical (unpaired) electrons. The summed E-state index contributed by atoms with van der Waals surface area (Å²) in [6.45, 7) is 0. The van der Waals surface area contributed by atoms with Gasteiger partial charge in [0.25, 0.3) is 0 Å². The van der Waals surface area contributed by atoms with Crippen LogP contribution in [0.25, 0.3) is 32.3 Å². The molecule has 6 aromatic carbocycles. The second-order valence-electron chi connectivity index (χ2n) is 8.99. The van der Waals surface area contributed by atoms with Crippen molar-refractivity contribution in [2.75, 3.05) is 0 Å². The molecule has 0 saturated heterocycles. The van der Waals surface area contributed by atoms with E-state index in [1.807, 2.05) is 0 Å². The van der Waals surface area contributed by atoms with Crippen LogP contribution in [0.5, 0.6) is 0 Å². The first-order chi connectivity index (χ1) is 17.3. The number of hydrogen-bond acceptors (Lipinski definition) is 2. The fourth-order valence-corrected chi connectivity index (χ4v) is 10.1. The summed E-state index contributed by atoms with van der Waals surface area (Å²) in [4.78, 5) is 10.8. The maximum atomic E-state index is 5.40. The Kier molecular flexibility index (Phi) is 4.16. The Labute approximate surface area is 214 Å². The maximum absolute atomic E-state index is 5.40. The molecule has 2 aliphatic rings. The van der Waals surface area contributed by atoms with Gasteiger partial charge in [0.2, 0.25) is 0 Å². The summed E-state index contributed by atoms with van der Waals surface area (Å²) < 4.78 is 2.92. The normalized spacial score (nSPS) is 13.9. The molecule has 0 N–H and O–H groups in total. The summed E-state index contributed by atoms with van der Waals surface area (Å²) in [5.74, 6) is 0. The number of fused-ring (bicyclic) bond motifs is 3. The van der Waals surface area contributed by atoms with E-state index in [2.05, 4.69) is 109 Å². The molecule has 35 heavy (non-hydrogen) atoms. The average molecular weight is 640 g/mol. The molecule has 0 aromatic heterocycles. The van der Waals surface area contributed by atoms with E-state index in [9.17, 15) is 0 Å². The second-order valence-corrected chi connectivity index (χ2v) is 13.2. The fraction of sp³-hybridized carbons (Fsp3) is 0. The summed E-state index contributed by atoms with van der Waals surface area (Å²) in [5.41, 5.74) is 6.38. The Morgan fingerprint density at radius 2 is 0.800 bits per heavy atom. The molecule has 3 heteroatoms. The van der Waals surface area contributed by atoms with Gasteiger partial charge in [0.1, 0.15) is 0 Å². The minimum absolute atomic E-state index is 0.973. The molecule has 1 aliphatic heterocycles. The third kappa shape index (κ3) is 2.86. The Morgan fingerprint density at radius 3 is 1.29 bits per heavy atom. The van der Waals surface area contributed by atoms with Crippen LogP contribution in [0.15, 0.2) is 119 Å². The van der Waals surface area contributed by atoms with Crippen LogP contribution in [-0.4, -0.2) is 35.0 Å². The van der Waals surface area contributed by atoms with Gasteiger partial charge < -0.3 is 0 Å². The van der Waals surface area contributed by atoms with Gasteiger partial charge in [0.15, 0.2) is 0 Å². The molecule has 162 valence electrons. The van der Waals surface area contributed by atoms with Crippen molar-refractivity contribution in [2.24, 2.45) is 9.98 Å². The van der Waals surface area contributed by atoms with Gasteiger partial charge in [-0.05, 0) is 0 Å². The number of rotatable bonds is 0. The van der Waals surface area contributed by atoms with E-state index in [-0.39, 0.29) is 0 Å². The molecule has 0 amide bonds. The Bertz CT molecular complexity index is 1780. The topological polar surface area (TPSA) is 24.7 Å². The van der Waals surface area contributed by atoms with Gasteiger partial charge >= 0.3 is 215 Å². The van der Waals surface area contributed by atoms with E-state index >= 15 is 0 Å². The molecule has 8 rings (SSSR count). The van der Waals surface area contributed by atoms with Crippen molar-refractivity contribution < 1.29 is 0 Å². The van der Waals surface area contributed by atoms with Crippen molar-refractivity contribution in [3.05, 3.63) is 120 Å². The molecule has 6 aromatic rings. The van der Waals surface area contributed by atoms with Crippen LogP contribution in [0.1, 0.15) is 11.1 Å². The summed E-state index contributed by atoms with van der Waals surface area (Å²) in [7, 11) is 0.